The predicted octanol–water partition coefficient (Wildman–Crippen LogP) is 2.97. The summed E-state index contributed by atoms with van der Waals surface area (Å²) in [6.07, 6.45) is 11.1. The Balaban J connectivity index is 1.47. The van der Waals surface area contributed by atoms with Crippen molar-refractivity contribution in [3.63, 3.8) is 0 Å². The normalized spacial score (nSPS) is 28.1. The van der Waals surface area contributed by atoms with Gasteiger partial charge in [0.15, 0.2) is 0 Å². The Morgan fingerprint density at radius 1 is 0.938 bits per heavy atom. The molecule has 94 valence electrons. The summed E-state index contributed by atoms with van der Waals surface area (Å²) in [7, 11) is 0. The highest BCUT2D eigenvalue weighted by molar-refractivity contribution is 4.69. The van der Waals surface area contributed by atoms with Crippen molar-refractivity contribution in [1.29, 1.82) is 0 Å². The molecule has 0 aromatic rings. The monoisotopic (exact) mass is 225 g/mol. The molecule has 1 heterocycles. The van der Waals surface area contributed by atoms with Crippen molar-refractivity contribution < 1.29 is 4.74 Å². The van der Waals surface area contributed by atoms with Crippen LogP contribution in [0.3, 0.4) is 0 Å². The predicted molar refractivity (Wildman–Crippen MR) is 67.6 cm³/mol. The number of rotatable bonds is 5. The van der Waals surface area contributed by atoms with E-state index in [1.54, 1.807) is 0 Å². The molecule has 2 fully saturated rings. The van der Waals surface area contributed by atoms with Gasteiger partial charge in [-0.05, 0) is 57.0 Å². The molecular weight excluding hydrogens is 198 g/mol. The zero-order valence-corrected chi connectivity index (χ0v) is 10.5. The van der Waals surface area contributed by atoms with Crippen LogP contribution in [0.25, 0.3) is 0 Å². The summed E-state index contributed by atoms with van der Waals surface area (Å²) in [4.78, 5) is 0. The highest BCUT2D eigenvalue weighted by Gasteiger charge is 2.15. The summed E-state index contributed by atoms with van der Waals surface area (Å²) < 4.78 is 5.85. The molecule has 1 unspecified atom stereocenters. The first kappa shape index (κ1) is 12.4. The Morgan fingerprint density at radius 2 is 1.75 bits per heavy atom. The van der Waals surface area contributed by atoms with Crippen molar-refractivity contribution in [3.05, 3.63) is 0 Å². The van der Waals surface area contributed by atoms with Gasteiger partial charge in [0.2, 0.25) is 0 Å². The quantitative estimate of drug-likeness (QED) is 0.726. The second-order valence-electron chi connectivity index (χ2n) is 5.58. The van der Waals surface area contributed by atoms with E-state index in [9.17, 15) is 0 Å². The lowest BCUT2D eigenvalue weighted by Gasteiger charge is -2.24. The summed E-state index contributed by atoms with van der Waals surface area (Å²) in [6, 6.07) is 0. The van der Waals surface area contributed by atoms with E-state index in [2.05, 4.69) is 5.32 Å². The smallest absolute Gasteiger partial charge is 0.0494 e. The molecule has 0 radical (unpaired) electrons. The van der Waals surface area contributed by atoms with E-state index in [0.717, 1.165) is 25.0 Å². The van der Waals surface area contributed by atoms with Gasteiger partial charge < -0.3 is 10.1 Å². The van der Waals surface area contributed by atoms with Crippen LogP contribution in [0.2, 0.25) is 0 Å². The molecule has 2 heteroatoms. The summed E-state index contributed by atoms with van der Waals surface area (Å²) >= 11 is 0. The molecule has 0 aromatic heterocycles. The third kappa shape index (κ3) is 4.42. The average Bonchev–Trinajstić information content (AvgIpc) is 2.37. The number of ether oxygens (including phenoxy) is 1. The van der Waals surface area contributed by atoms with Gasteiger partial charge in [-0.1, -0.05) is 19.3 Å². The van der Waals surface area contributed by atoms with Crippen LogP contribution in [-0.4, -0.2) is 26.3 Å². The zero-order chi connectivity index (χ0) is 11.1. The number of hydrogen-bond acceptors (Lipinski definition) is 2. The van der Waals surface area contributed by atoms with Crippen molar-refractivity contribution >= 4 is 0 Å². The fourth-order valence-electron chi connectivity index (χ4n) is 3.02. The largest absolute Gasteiger partial charge is 0.381 e. The summed E-state index contributed by atoms with van der Waals surface area (Å²) in [5, 5.41) is 3.47. The molecule has 2 rings (SSSR count). The van der Waals surface area contributed by atoms with Crippen LogP contribution in [0.15, 0.2) is 0 Å². The third-order valence-corrected chi connectivity index (χ3v) is 4.15. The van der Waals surface area contributed by atoms with Crippen LogP contribution in [0, 0.1) is 11.8 Å². The molecule has 2 aliphatic rings. The second-order valence-corrected chi connectivity index (χ2v) is 5.58. The van der Waals surface area contributed by atoms with Crippen molar-refractivity contribution in [2.75, 3.05) is 26.3 Å². The van der Waals surface area contributed by atoms with Gasteiger partial charge in [-0.2, -0.15) is 0 Å². The molecule has 16 heavy (non-hydrogen) atoms. The van der Waals surface area contributed by atoms with Crippen molar-refractivity contribution in [3.8, 4) is 0 Å². The van der Waals surface area contributed by atoms with Crippen LogP contribution in [0.4, 0.5) is 0 Å². The minimum atomic E-state index is 0.873. The van der Waals surface area contributed by atoms with Crippen LogP contribution in [-0.2, 0) is 4.74 Å². The summed E-state index contributed by atoms with van der Waals surface area (Å²) in [5.74, 6) is 1.75. The topological polar surface area (TPSA) is 21.3 Å². The van der Waals surface area contributed by atoms with E-state index in [0.29, 0.717) is 0 Å². The Kier molecular flexibility index (Phi) is 5.64. The maximum Gasteiger partial charge on any atom is 0.0494 e. The Bertz CT molecular complexity index is 152. The zero-order valence-electron chi connectivity index (χ0n) is 10.5. The molecule has 0 spiro atoms. The fraction of sp³-hybridized carbons (Fsp3) is 1.00. The second kappa shape index (κ2) is 7.29. The third-order valence-electron chi connectivity index (χ3n) is 4.15. The Labute approximate surface area is 100 Å². The molecule has 0 bridgehead atoms. The molecule has 1 atom stereocenters. The van der Waals surface area contributed by atoms with Crippen LogP contribution in [0.5, 0.6) is 0 Å². The minimum absolute atomic E-state index is 0.873. The van der Waals surface area contributed by atoms with Crippen LogP contribution in [0.1, 0.15) is 51.4 Å². The number of hydrogen-bond donors (Lipinski definition) is 1. The maximum absolute atomic E-state index is 5.85. The lowest BCUT2D eigenvalue weighted by molar-refractivity contribution is 0.0736. The molecule has 2 nitrogen and oxygen atoms in total. The summed E-state index contributed by atoms with van der Waals surface area (Å²) in [5.41, 5.74) is 0. The first-order chi connectivity index (χ1) is 7.95. The van der Waals surface area contributed by atoms with E-state index in [1.807, 2.05) is 0 Å². The van der Waals surface area contributed by atoms with Gasteiger partial charge in [-0.25, -0.2) is 0 Å². The molecule has 1 aliphatic carbocycles. The Hall–Kier alpha value is -0.0800. The lowest BCUT2D eigenvalue weighted by Crippen LogP contribution is -2.30. The van der Waals surface area contributed by atoms with Gasteiger partial charge in [-0.15, -0.1) is 0 Å². The van der Waals surface area contributed by atoms with E-state index in [-0.39, 0.29) is 0 Å². The van der Waals surface area contributed by atoms with Gasteiger partial charge in [0.1, 0.15) is 0 Å². The highest BCUT2D eigenvalue weighted by Crippen LogP contribution is 2.24. The minimum Gasteiger partial charge on any atom is -0.381 e. The van der Waals surface area contributed by atoms with Crippen molar-refractivity contribution in [2.24, 2.45) is 11.8 Å². The molecule has 1 aliphatic heterocycles. The van der Waals surface area contributed by atoms with Crippen LogP contribution < -0.4 is 5.32 Å². The fourth-order valence-corrected chi connectivity index (χ4v) is 3.02. The number of nitrogens with one attached hydrogen (secondary N) is 1. The standard InChI is InChI=1S/C14H27NO/c1-2-5-14(6-3-1)12-16-10-8-13-7-4-9-15-11-13/h13-15H,1-12H2. The van der Waals surface area contributed by atoms with E-state index < -0.39 is 0 Å². The van der Waals surface area contributed by atoms with Gasteiger partial charge >= 0.3 is 0 Å². The average molecular weight is 225 g/mol. The molecule has 1 N–H and O–H groups in total. The highest BCUT2D eigenvalue weighted by atomic mass is 16.5. The molecule has 0 aromatic carbocycles. The first-order valence-electron chi connectivity index (χ1n) is 7.23. The van der Waals surface area contributed by atoms with Gasteiger partial charge in [0, 0.05) is 13.2 Å². The van der Waals surface area contributed by atoms with Gasteiger partial charge in [0.25, 0.3) is 0 Å². The van der Waals surface area contributed by atoms with E-state index in [1.165, 1.54) is 64.5 Å². The maximum atomic E-state index is 5.85. The van der Waals surface area contributed by atoms with Crippen molar-refractivity contribution in [1.82, 2.24) is 5.32 Å². The van der Waals surface area contributed by atoms with E-state index >= 15 is 0 Å². The van der Waals surface area contributed by atoms with Crippen molar-refractivity contribution in [2.45, 2.75) is 51.4 Å². The molecule has 1 saturated carbocycles. The molecule has 1 saturated heterocycles. The molecule has 0 amide bonds. The lowest BCUT2D eigenvalue weighted by atomic mass is 9.90. The summed E-state index contributed by atoms with van der Waals surface area (Å²) in [6.45, 7) is 4.45. The first-order valence-corrected chi connectivity index (χ1v) is 7.23. The molecular formula is C14H27NO. The van der Waals surface area contributed by atoms with Gasteiger partial charge in [0.05, 0.1) is 0 Å². The number of piperidine rings is 1. The Morgan fingerprint density at radius 3 is 2.50 bits per heavy atom. The van der Waals surface area contributed by atoms with Crippen LogP contribution >= 0.6 is 0 Å². The van der Waals surface area contributed by atoms with E-state index in [4.69, 9.17) is 4.74 Å². The van der Waals surface area contributed by atoms with Gasteiger partial charge in [-0.3, -0.25) is 0 Å². The SMILES string of the molecule is C1CCC(COCCC2CCCNC2)CC1.